The summed E-state index contributed by atoms with van der Waals surface area (Å²) in [5.74, 6) is 0.181. The summed E-state index contributed by atoms with van der Waals surface area (Å²) in [5.41, 5.74) is 0.773. The van der Waals surface area contributed by atoms with Crippen LogP contribution in [0, 0.1) is 5.92 Å². The zero-order valence-electron chi connectivity index (χ0n) is 15.2. The molecule has 0 aliphatic rings. The molecule has 0 N–H and O–H groups in total. The summed E-state index contributed by atoms with van der Waals surface area (Å²) in [6.45, 7) is 5.34. The number of ketones is 1. The molecule has 0 amide bonds. The van der Waals surface area contributed by atoms with E-state index in [4.69, 9.17) is 16.3 Å². The molecule has 0 bridgehead atoms. The number of Topliss-reactive ketones (excluding diaryl/α,β-unsaturated/α-hetero) is 1. The van der Waals surface area contributed by atoms with Gasteiger partial charge in [-0.1, -0.05) is 25.4 Å². The summed E-state index contributed by atoms with van der Waals surface area (Å²) in [6.07, 6.45) is 1.18. The van der Waals surface area contributed by atoms with Crippen LogP contribution in [0.25, 0.3) is 11.1 Å². The van der Waals surface area contributed by atoms with Crippen LogP contribution in [0.2, 0.25) is 5.02 Å². The molecule has 0 spiro atoms. The zero-order valence-corrected chi connectivity index (χ0v) is 15.9. The number of aldehydes is 1. The summed E-state index contributed by atoms with van der Waals surface area (Å²) < 4.78 is 6.45. The normalized spacial score (nSPS) is 12.1. The largest absolute Gasteiger partial charge is 0.480 e. The molecule has 0 aliphatic carbocycles. The molecule has 1 unspecified atom stereocenters. The first-order valence-electron chi connectivity index (χ1n) is 8.22. The molecule has 7 heteroatoms. The maximum Gasteiger partial charge on any atom is 0.268 e. The Morgan fingerprint density at radius 1 is 1.31 bits per heavy atom. The van der Waals surface area contributed by atoms with Crippen molar-refractivity contribution in [2.75, 3.05) is 7.11 Å². The van der Waals surface area contributed by atoms with Crippen molar-refractivity contribution in [2.24, 2.45) is 5.92 Å². The lowest BCUT2D eigenvalue weighted by molar-refractivity contribution is -0.111. The summed E-state index contributed by atoms with van der Waals surface area (Å²) >= 11 is 6.07. The Balaban J connectivity index is 2.68. The van der Waals surface area contributed by atoms with Gasteiger partial charge in [-0.3, -0.25) is 9.59 Å². The van der Waals surface area contributed by atoms with Gasteiger partial charge in [0.15, 0.2) is 5.78 Å². The van der Waals surface area contributed by atoms with Gasteiger partial charge in [-0.15, -0.1) is 5.10 Å². The molecule has 0 aliphatic heterocycles. The number of hydrogen-bond donors (Lipinski definition) is 0. The van der Waals surface area contributed by atoms with Crippen LogP contribution in [-0.4, -0.2) is 29.0 Å². The van der Waals surface area contributed by atoms with Gasteiger partial charge in [0.1, 0.15) is 12.3 Å². The van der Waals surface area contributed by atoms with Crippen molar-refractivity contribution in [3.05, 3.63) is 45.2 Å². The third-order valence-electron chi connectivity index (χ3n) is 3.95. The molecule has 1 atom stereocenters. The molecular formula is C19H21ClN2O4. The highest BCUT2D eigenvalue weighted by molar-refractivity contribution is 6.31. The Bertz CT molecular complexity index is 890. The fraction of sp³-hybridized carbons (Fsp3) is 0.368. The van der Waals surface area contributed by atoms with E-state index in [1.807, 2.05) is 13.8 Å². The third kappa shape index (κ3) is 4.19. The third-order valence-corrected chi connectivity index (χ3v) is 4.19. The number of ether oxygens (including phenoxy) is 1. The van der Waals surface area contributed by atoms with Crippen molar-refractivity contribution in [1.29, 1.82) is 0 Å². The quantitative estimate of drug-likeness (QED) is 0.545. The zero-order chi connectivity index (χ0) is 19.4. The van der Waals surface area contributed by atoms with Crippen LogP contribution in [0.1, 0.15) is 43.6 Å². The minimum atomic E-state index is -0.683. The molecular weight excluding hydrogens is 356 g/mol. The second-order valence-electron chi connectivity index (χ2n) is 6.43. The van der Waals surface area contributed by atoms with E-state index in [9.17, 15) is 14.4 Å². The minimum Gasteiger partial charge on any atom is -0.480 e. The summed E-state index contributed by atoms with van der Waals surface area (Å²) in [7, 11) is 1.41. The second-order valence-corrected chi connectivity index (χ2v) is 6.87. The van der Waals surface area contributed by atoms with Crippen LogP contribution in [0.4, 0.5) is 0 Å². The highest BCUT2D eigenvalue weighted by Gasteiger charge is 2.21. The van der Waals surface area contributed by atoms with E-state index in [0.29, 0.717) is 34.4 Å². The maximum absolute atomic E-state index is 12.6. The first kappa shape index (κ1) is 19.8. The van der Waals surface area contributed by atoms with Gasteiger partial charge in [0.25, 0.3) is 5.56 Å². The van der Waals surface area contributed by atoms with Crippen LogP contribution in [0.15, 0.2) is 29.1 Å². The van der Waals surface area contributed by atoms with Crippen molar-refractivity contribution in [1.82, 2.24) is 9.78 Å². The predicted octanol–water partition coefficient (Wildman–Crippen LogP) is 3.56. The lowest BCUT2D eigenvalue weighted by Gasteiger charge is -2.17. The molecule has 1 heterocycles. The molecule has 1 aromatic carbocycles. The number of hydrogen-bond acceptors (Lipinski definition) is 5. The van der Waals surface area contributed by atoms with Gasteiger partial charge < -0.3 is 9.53 Å². The van der Waals surface area contributed by atoms with Crippen molar-refractivity contribution in [3.63, 3.8) is 0 Å². The number of carbonyl (C=O) groups excluding carboxylic acids is 2. The number of benzene rings is 1. The Labute approximate surface area is 156 Å². The maximum atomic E-state index is 12.6. The summed E-state index contributed by atoms with van der Waals surface area (Å²) in [5, 5.41) is 4.64. The van der Waals surface area contributed by atoms with E-state index < -0.39 is 11.6 Å². The number of rotatable bonds is 7. The highest BCUT2D eigenvalue weighted by Crippen LogP contribution is 2.32. The first-order chi connectivity index (χ1) is 12.3. The molecule has 0 fully saturated rings. The standard InChI is InChI=1S/C19H21ClN2O4/c1-11(2)7-14(10-23)22-18(25)9-17(19(21-22)26-4)16-8-13(20)5-6-15(16)12(3)24/h5-6,8-11,14H,7H2,1-4H3. The van der Waals surface area contributed by atoms with Crippen LogP contribution >= 0.6 is 11.6 Å². The molecule has 0 saturated heterocycles. The van der Waals surface area contributed by atoms with Crippen LogP contribution in [0.5, 0.6) is 5.88 Å². The van der Waals surface area contributed by atoms with E-state index in [1.165, 1.54) is 20.1 Å². The topological polar surface area (TPSA) is 78.3 Å². The van der Waals surface area contributed by atoms with Gasteiger partial charge in [0.2, 0.25) is 5.88 Å². The lowest BCUT2D eigenvalue weighted by Crippen LogP contribution is -2.29. The minimum absolute atomic E-state index is 0.143. The van der Waals surface area contributed by atoms with E-state index in [0.717, 1.165) is 4.68 Å². The number of carbonyl (C=O) groups is 2. The molecule has 0 radical (unpaired) electrons. The van der Waals surface area contributed by atoms with Gasteiger partial charge in [-0.2, -0.15) is 0 Å². The average Bonchev–Trinajstić information content (AvgIpc) is 2.59. The monoisotopic (exact) mass is 376 g/mol. The Kier molecular flexibility index (Phi) is 6.32. The molecule has 26 heavy (non-hydrogen) atoms. The molecule has 138 valence electrons. The van der Waals surface area contributed by atoms with Crippen molar-refractivity contribution in [3.8, 4) is 17.0 Å². The number of nitrogens with zero attached hydrogens (tertiary/aromatic N) is 2. The number of aromatic nitrogens is 2. The van der Waals surface area contributed by atoms with Crippen molar-refractivity contribution in [2.45, 2.75) is 33.2 Å². The van der Waals surface area contributed by atoms with Gasteiger partial charge in [-0.25, -0.2) is 4.68 Å². The predicted molar refractivity (Wildman–Crippen MR) is 100 cm³/mol. The molecule has 2 rings (SSSR count). The summed E-state index contributed by atoms with van der Waals surface area (Å²) in [6, 6.07) is 5.43. The summed E-state index contributed by atoms with van der Waals surface area (Å²) in [4.78, 5) is 36.0. The van der Waals surface area contributed by atoms with E-state index in [1.54, 1.807) is 18.2 Å². The van der Waals surface area contributed by atoms with Crippen LogP contribution < -0.4 is 10.3 Å². The molecule has 1 aromatic heterocycles. The van der Waals surface area contributed by atoms with E-state index in [-0.39, 0.29) is 17.6 Å². The first-order valence-corrected chi connectivity index (χ1v) is 8.60. The fourth-order valence-electron chi connectivity index (χ4n) is 2.78. The highest BCUT2D eigenvalue weighted by atomic mass is 35.5. The lowest BCUT2D eigenvalue weighted by atomic mass is 9.98. The van der Waals surface area contributed by atoms with Gasteiger partial charge in [0.05, 0.1) is 12.7 Å². The average molecular weight is 377 g/mol. The number of methoxy groups -OCH3 is 1. The fourth-order valence-corrected chi connectivity index (χ4v) is 2.95. The molecule has 6 nitrogen and oxygen atoms in total. The Morgan fingerprint density at radius 2 is 2.00 bits per heavy atom. The van der Waals surface area contributed by atoms with Gasteiger partial charge >= 0.3 is 0 Å². The van der Waals surface area contributed by atoms with E-state index in [2.05, 4.69) is 5.10 Å². The Hall–Kier alpha value is -2.47. The van der Waals surface area contributed by atoms with Crippen molar-refractivity contribution >= 4 is 23.7 Å². The molecule has 0 saturated carbocycles. The van der Waals surface area contributed by atoms with Crippen LogP contribution in [-0.2, 0) is 4.79 Å². The SMILES string of the molecule is COc1nn(C(C=O)CC(C)C)c(=O)cc1-c1cc(Cl)ccc1C(C)=O. The smallest absolute Gasteiger partial charge is 0.268 e. The van der Waals surface area contributed by atoms with Gasteiger partial charge in [-0.05, 0) is 43.0 Å². The number of halogens is 1. The van der Waals surface area contributed by atoms with E-state index >= 15 is 0 Å². The van der Waals surface area contributed by atoms with Crippen LogP contribution in [0.3, 0.4) is 0 Å². The van der Waals surface area contributed by atoms with Gasteiger partial charge in [0, 0.05) is 16.7 Å². The Morgan fingerprint density at radius 3 is 2.54 bits per heavy atom. The second kappa shape index (κ2) is 8.27. The molecule has 2 aromatic rings. The van der Waals surface area contributed by atoms with Crippen molar-refractivity contribution < 1.29 is 14.3 Å².